The van der Waals surface area contributed by atoms with Gasteiger partial charge in [-0.25, -0.2) is 9.59 Å². The Hall–Kier alpha value is -4.67. The minimum Gasteiger partial charge on any atom is -0.397 e. The number of nitrogens with one attached hydrogen (secondary N) is 3. The van der Waals surface area contributed by atoms with Gasteiger partial charge in [-0.05, 0) is 106 Å². The SMILES string of the molecule is NCCCC[C@H](NC(=O)[C@H](Cc1cc(Br)c(N)c(Br)c1)NC(=O)N1CCC(n2cc(-c3ccccc3)[nH]c2=O)CC1)C(=O)N1CCN(c2ccncc2)CC1. The van der Waals surface area contributed by atoms with E-state index in [-0.39, 0.29) is 24.1 Å². The highest BCUT2D eigenvalue weighted by Crippen LogP contribution is 2.30. The van der Waals surface area contributed by atoms with Crippen LogP contribution >= 0.6 is 31.9 Å². The number of benzene rings is 2. The van der Waals surface area contributed by atoms with Crippen molar-refractivity contribution in [3.8, 4) is 11.3 Å². The summed E-state index contributed by atoms with van der Waals surface area (Å²) in [6.45, 7) is 3.60. The van der Waals surface area contributed by atoms with Crippen LogP contribution in [0.4, 0.5) is 16.2 Å². The number of nitrogens with zero attached hydrogens (tertiary/aromatic N) is 5. The Balaban J connectivity index is 1.14. The maximum atomic E-state index is 14.2. The summed E-state index contributed by atoms with van der Waals surface area (Å²) in [5, 5.41) is 6.00. The number of amides is 4. The van der Waals surface area contributed by atoms with E-state index in [1.54, 1.807) is 26.8 Å². The number of halogens is 2. The quantitative estimate of drug-likeness (QED) is 0.0974. The number of urea groups is 1. The number of aromatic nitrogens is 3. The second kappa shape index (κ2) is 18.8. The van der Waals surface area contributed by atoms with E-state index in [9.17, 15) is 19.2 Å². The average Bonchev–Trinajstić information content (AvgIpc) is 3.61. The van der Waals surface area contributed by atoms with Gasteiger partial charge < -0.3 is 41.8 Å². The van der Waals surface area contributed by atoms with Crippen LogP contribution in [-0.4, -0.2) is 100 Å². The van der Waals surface area contributed by atoms with Crippen LogP contribution in [0.15, 0.2) is 86.9 Å². The standard InChI is InChI=1S/C39H48Br2N10O4/c40-30-22-26(23-31(41)35(30)43)24-33(46-38(54)50-16-11-29(12-17-50)51-25-34(47-39(51)55)27-6-2-1-3-7-27)36(52)45-32(8-4-5-13-42)37(53)49-20-18-48(19-21-49)28-9-14-44-15-10-28/h1-3,6-7,9-10,14-15,22-23,25,29,32-33H,4-5,8,11-13,16-21,24,42-43H2,(H,45,52)(H,46,54)(H,47,55)/t32-,33-/m0/s1. The number of nitrogens with two attached hydrogens (primary N) is 2. The Morgan fingerprint density at radius 1 is 0.873 bits per heavy atom. The number of anilines is 2. The summed E-state index contributed by atoms with van der Waals surface area (Å²) in [6.07, 6.45) is 8.43. The third kappa shape index (κ3) is 10.2. The summed E-state index contributed by atoms with van der Waals surface area (Å²) in [5.74, 6) is -0.610. The van der Waals surface area contributed by atoms with Crippen LogP contribution < -0.4 is 32.7 Å². The lowest BCUT2D eigenvalue weighted by Crippen LogP contribution is -2.59. The largest absolute Gasteiger partial charge is 0.397 e. The number of imidazole rings is 1. The fourth-order valence-electron chi connectivity index (χ4n) is 7.22. The van der Waals surface area contributed by atoms with Crippen molar-refractivity contribution in [2.45, 2.75) is 56.7 Å². The van der Waals surface area contributed by atoms with E-state index in [0.29, 0.717) is 92.6 Å². The second-order valence-electron chi connectivity index (χ2n) is 14.0. The molecule has 4 heterocycles. The number of likely N-dealkylation sites (tertiary alicyclic amines) is 1. The molecule has 0 unspecified atom stereocenters. The molecule has 0 radical (unpaired) electrons. The van der Waals surface area contributed by atoms with E-state index in [2.05, 4.69) is 57.4 Å². The van der Waals surface area contributed by atoms with Crippen molar-refractivity contribution in [1.29, 1.82) is 0 Å². The molecule has 4 aromatic rings. The molecular weight excluding hydrogens is 832 g/mol. The number of carbonyl (C=O) groups excluding carboxylic acids is 3. The Morgan fingerprint density at radius 2 is 1.55 bits per heavy atom. The summed E-state index contributed by atoms with van der Waals surface area (Å²) in [4.78, 5) is 67.7. The number of H-pyrrole nitrogens is 1. The van der Waals surface area contributed by atoms with Crippen molar-refractivity contribution in [3.63, 3.8) is 0 Å². The summed E-state index contributed by atoms with van der Waals surface area (Å²) in [7, 11) is 0. The summed E-state index contributed by atoms with van der Waals surface area (Å²) in [6, 6.07) is 15.0. The fraction of sp³-hybridized carbons (Fsp3) is 0.410. The molecule has 2 saturated heterocycles. The molecule has 55 heavy (non-hydrogen) atoms. The fourth-order valence-corrected chi connectivity index (χ4v) is 8.50. The molecule has 6 rings (SSSR count). The Bertz CT molecular complexity index is 1950. The highest BCUT2D eigenvalue weighted by atomic mass is 79.9. The predicted molar refractivity (Wildman–Crippen MR) is 220 cm³/mol. The molecule has 4 amide bonds. The highest BCUT2D eigenvalue weighted by Gasteiger charge is 2.33. The van der Waals surface area contributed by atoms with E-state index in [4.69, 9.17) is 11.5 Å². The van der Waals surface area contributed by atoms with E-state index in [1.807, 2.05) is 60.8 Å². The van der Waals surface area contributed by atoms with Crippen molar-refractivity contribution in [3.05, 3.63) is 98.2 Å². The van der Waals surface area contributed by atoms with Crippen LogP contribution in [0.1, 0.15) is 43.7 Å². The highest BCUT2D eigenvalue weighted by molar-refractivity contribution is 9.11. The molecule has 292 valence electrons. The van der Waals surface area contributed by atoms with Gasteiger partial charge in [0.25, 0.3) is 0 Å². The lowest BCUT2D eigenvalue weighted by molar-refractivity contribution is -0.137. The van der Waals surface area contributed by atoms with Gasteiger partial charge >= 0.3 is 11.7 Å². The number of unbranched alkanes of at least 4 members (excludes halogenated alkanes) is 1. The third-order valence-corrected chi connectivity index (χ3v) is 11.7. The van der Waals surface area contributed by atoms with Crippen molar-refractivity contribution < 1.29 is 14.4 Å². The van der Waals surface area contributed by atoms with Crippen molar-refractivity contribution in [2.24, 2.45) is 5.73 Å². The molecule has 2 aromatic heterocycles. The van der Waals surface area contributed by atoms with Gasteiger partial charge in [0.15, 0.2) is 0 Å². The molecule has 0 aliphatic carbocycles. The molecule has 2 aliphatic heterocycles. The van der Waals surface area contributed by atoms with Crippen LogP contribution in [0.5, 0.6) is 0 Å². The zero-order valence-corrected chi connectivity index (χ0v) is 33.8. The number of hydrogen-bond donors (Lipinski definition) is 5. The van der Waals surface area contributed by atoms with E-state index >= 15 is 0 Å². The molecule has 2 aliphatic rings. The zero-order valence-electron chi connectivity index (χ0n) is 30.6. The van der Waals surface area contributed by atoms with Crippen molar-refractivity contribution >= 4 is 61.1 Å². The summed E-state index contributed by atoms with van der Waals surface area (Å²) < 4.78 is 3.02. The number of aromatic amines is 1. The molecule has 0 saturated carbocycles. The minimum atomic E-state index is -0.998. The number of rotatable bonds is 13. The van der Waals surface area contributed by atoms with Crippen LogP contribution in [-0.2, 0) is 16.0 Å². The molecule has 2 fully saturated rings. The van der Waals surface area contributed by atoms with Gasteiger partial charge in [0.2, 0.25) is 11.8 Å². The number of nitrogen functional groups attached to an aromatic ring is 1. The first-order valence-electron chi connectivity index (χ1n) is 18.7. The summed E-state index contributed by atoms with van der Waals surface area (Å²) in [5.41, 5.74) is 15.7. The second-order valence-corrected chi connectivity index (χ2v) is 15.7. The lowest BCUT2D eigenvalue weighted by Gasteiger charge is -2.38. The molecule has 2 aromatic carbocycles. The van der Waals surface area contributed by atoms with Crippen molar-refractivity contribution in [2.75, 3.05) is 56.4 Å². The first-order valence-corrected chi connectivity index (χ1v) is 20.3. The van der Waals surface area contributed by atoms with E-state index < -0.39 is 24.0 Å². The third-order valence-electron chi connectivity index (χ3n) is 10.3. The van der Waals surface area contributed by atoms with E-state index in [0.717, 1.165) is 22.5 Å². The number of pyridine rings is 1. The molecule has 0 spiro atoms. The maximum absolute atomic E-state index is 14.2. The minimum absolute atomic E-state index is 0.0827. The molecule has 7 N–H and O–H groups in total. The molecular formula is C39H48Br2N10O4. The normalized spacial score (nSPS) is 16.1. The molecule has 2 atom stereocenters. The van der Waals surface area contributed by atoms with Gasteiger partial charge in [0, 0.05) is 85.0 Å². The molecule has 16 heteroatoms. The van der Waals surface area contributed by atoms with Gasteiger partial charge in [-0.3, -0.25) is 19.1 Å². The van der Waals surface area contributed by atoms with Crippen LogP contribution in [0.25, 0.3) is 11.3 Å². The van der Waals surface area contributed by atoms with Gasteiger partial charge in [-0.15, -0.1) is 0 Å². The average molecular weight is 881 g/mol. The Kier molecular flexibility index (Phi) is 13.7. The lowest BCUT2D eigenvalue weighted by atomic mass is 10.0. The molecule has 14 nitrogen and oxygen atoms in total. The van der Waals surface area contributed by atoms with Gasteiger partial charge in [-0.1, -0.05) is 30.3 Å². The van der Waals surface area contributed by atoms with Gasteiger partial charge in [0.05, 0.1) is 11.4 Å². The molecule has 0 bridgehead atoms. The van der Waals surface area contributed by atoms with E-state index in [1.165, 1.54) is 0 Å². The van der Waals surface area contributed by atoms with Crippen LogP contribution in [0.2, 0.25) is 0 Å². The number of piperidine rings is 1. The van der Waals surface area contributed by atoms with Crippen LogP contribution in [0.3, 0.4) is 0 Å². The topological polar surface area (TPSA) is 188 Å². The smallest absolute Gasteiger partial charge is 0.326 e. The Morgan fingerprint density at radius 3 is 2.20 bits per heavy atom. The maximum Gasteiger partial charge on any atom is 0.326 e. The first-order chi connectivity index (χ1) is 26.6. The predicted octanol–water partition coefficient (Wildman–Crippen LogP) is 4.27. The van der Waals surface area contributed by atoms with Gasteiger partial charge in [0.1, 0.15) is 12.1 Å². The first kappa shape index (κ1) is 40.0. The summed E-state index contributed by atoms with van der Waals surface area (Å²) >= 11 is 6.99. The zero-order chi connectivity index (χ0) is 38.9. The van der Waals surface area contributed by atoms with Crippen LogP contribution in [0, 0.1) is 0 Å². The number of hydrogen-bond acceptors (Lipinski definition) is 8. The van der Waals surface area contributed by atoms with Gasteiger partial charge in [-0.2, -0.15) is 0 Å². The number of piperazine rings is 1. The van der Waals surface area contributed by atoms with Crippen molar-refractivity contribution in [1.82, 2.24) is 35.0 Å². The number of carbonyl (C=O) groups is 3. The Labute approximate surface area is 337 Å². The monoisotopic (exact) mass is 878 g/mol.